The SMILES string of the molecule is CN(C)c1ccc(B2OC(C)(C)C(C)(C)O2)o1. The van der Waals surface area contributed by atoms with E-state index >= 15 is 0 Å². The van der Waals surface area contributed by atoms with Gasteiger partial charge in [0.25, 0.3) is 0 Å². The van der Waals surface area contributed by atoms with Crippen molar-refractivity contribution < 1.29 is 13.7 Å². The van der Waals surface area contributed by atoms with Crippen LogP contribution in [0.3, 0.4) is 0 Å². The first-order valence-corrected chi connectivity index (χ1v) is 5.86. The first-order valence-electron chi connectivity index (χ1n) is 5.86. The lowest BCUT2D eigenvalue weighted by molar-refractivity contribution is 0.00578. The van der Waals surface area contributed by atoms with E-state index in [2.05, 4.69) is 0 Å². The molecule has 0 saturated carbocycles. The summed E-state index contributed by atoms with van der Waals surface area (Å²) in [5.74, 6) is 0.801. The Morgan fingerprint density at radius 2 is 1.53 bits per heavy atom. The van der Waals surface area contributed by atoms with Crippen LogP contribution < -0.4 is 10.6 Å². The maximum Gasteiger partial charge on any atom is 0.532 e. The monoisotopic (exact) mass is 237 g/mol. The summed E-state index contributed by atoms with van der Waals surface area (Å²) >= 11 is 0. The molecule has 94 valence electrons. The minimum Gasteiger partial charge on any atom is -0.449 e. The number of anilines is 1. The van der Waals surface area contributed by atoms with Gasteiger partial charge in [-0.3, -0.25) is 0 Å². The molecule has 0 radical (unpaired) electrons. The van der Waals surface area contributed by atoms with Crippen LogP contribution in [0.5, 0.6) is 0 Å². The minimum atomic E-state index is -0.422. The lowest BCUT2D eigenvalue weighted by Crippen LogP contribution is -2.41. The molecule has 0 aromatic carbocycles. The normalized spacial score (nSPS) is 21.9. The minimum absolute atomic E-state index is 0.331. The molecule has 0 amide bonds. The number of furan rings is 1. The fourth-order valence-electron chi connectivity index (χ4n) is 1.67. The van der Waals surface area contributed by atoms with E-state index in [-0.39, 0.29) is 11.2 Å². The Morgan fingerprint density at radius 1 is 1.00 bits per heavy atom. The summed E-state index contributed by atoms with van der Waals surface area (Å²) in [5, 5.41) is 0. The van der Waals surface area contributed by atoms with Gasteiger partial charge in [-0.1, -0.05) is 0 Å². The zero-order valence-electron chi connectivity index (χ0n) is 11.4. The highest BCUT2D eigenvalue weighted by Gasteiger charge is 2.53. The third-order valence-corrected chi connectivity index (χ3v) is 3.54. The van der Waals surface area contributed by atoms with Crippen LogP contribution in [0, 0.1) is 0 Å². The van der Waals surface area contributed by atoms with E-state index in [1.165, 1.54) is 0 Å². The van der Waals surface area contributed by atoms with E-state index < -0.39 is 7.12 Å². The Bertz CT molecular complexity index is 396. The first-order chi connectivity index (χ1) is 7.73. The number of rotatable bonds is 2. The quantitative estimate of drug-likeness (QED) is 0.732. The molecule has 2 rings (SSSR count). The van der Waals surface area contributed by atoms with E-state index in [1.807, 2.05) is 58.8 Å². The predicted octanol–water partition coefficient (Wildman–Crippen LogP) is 1.64. The molecule has 0 aliphatic carbocycles. The van der Waals surface area contributed by atoms with Gasteiger partial charge in [0.15, 0.2) is 5.88 Å². The smallest absolute Gasteiger partial charge is 0.449 e. The Morgan fingerprint density at radius 3 is 1.94 bits per heavy atom. The molecule has 17 heavy (non-hydrogen) atoms. The molecule has 0 spiro atoms. The summed E-state index contributed by atoms with van der Waals surface area (Å²) < 4.78 is 17.5. The van der Waals surface area contributed by atoms with Crippen molar-refractivity contribution in [2.45, 2.75) is 38.9 Å². The standard InChI is InChI=1S/C12H20BNO3/c1-11(2)12(3,4)17-13(16-11)9-7-8-10(15-9)14(5)6/h7-8H,1-6H3. The molecule has 0 atom stereocenters. The van der Waals surface area contributed by atoms with Crippen molar-refractivity contribution in [1.29, 1.82) is 0 Å². The van der Waals surface area contributed by atoms with Crippen LogP contribution in [-0.4, -0.2) is 32.4 Å². The van der Waals surface area contributed by atoms with E-state index in [0.29, 0.717) is 5.66 Å². The Kier molecular flexibility index (Phi) is 2.79. The average molecular weight is 237 g/mol. The van der Waals surface area contributed by atoms with E-state index in [9.17, 15) is 0 Å². The Hall–Kier alpha value is -0.935. The molecular weight excluding hydrogens is 217 g/mol. The van der Waals surface area contributed by atoms with Crippen LogP contribution in [0.15, 0.2) is 16.5 Å². The second-order valence-corrected chi connectivity index (χ2v) is 5.66. The predicted molar refractivity (Wildman–Crippen MR) is 68.8 cm³/mol. The van der Waals surface area contributed by atoms with Crippen LogP contribution in [0.2, 0.25) is 0 Å². The van der Waals surface area contributed by atoms with Gasteiger partial charge in [0.05, 0.1) is 11.2 Å². The highest BCUT2D eigenvalue weighted by molar-refractivity contribution is 6.60. The van der Waals surface area contributed by atoms with Gasteiger partial charge in [-0.2, -0.15) is 0 Å². The largest absolute Gasteiger partial charge is 0.532 e. The number of hydrogen-bond acceptors (Lipinski definition) is 4. The molecular formula is C12H20BNO3. The molecule has 0 unspecified atom stereocenters. The van der Waals surface area contributed by atoms with E-state index in [4.69, 9.17) is 13.7 Å². The molecule has 2 heterocycles. The van der Waals surface area contributed by atoms with Gasteiger partial charge < -0.3 is 18.6 Å². The first kappa shape index (κ1) is 12.5. The third-order valence-electron chi connectivity index (χ3n) is 3.54. The van der Waals surface area contributed by atoms with Gasteiger partial charge in [0.1, 0.15) is 5.66 Å². The third kappa shape index (κ3) is 2.09. The summed E-state index contributed by atoms with van der Waals surface area (Å²) in [6.45, 7) is 8.12. The van der Waals surface area contributed by atoms with Gasteiger partial charge in [0, 0.05) is 20.2 Å². The molecule has 5 heteroatoms. The average Bonchev–Trinajstić information content (AvgIpc) is 2.70. The molecule has 1 aliphatic rings. The van der Waals surface area contributed by atoms with Crippen LogP contribution in [0.4, 0.5) is 5.88 Å². The molecule has 1 aliphatic heterocycles. The second-order valence-electron chi connectivity index (χ2n) is 5.66. The van der Waals surface area contributed by atoms with Gasteiger partial charge in [0.2, 0.25) is 0 Å². The van der Waals surface area contributed by atoms with Crippen LogP contribution in [-0.2, 0) is 9.31 Å². The molecule has 1 fully saturated rings. The summed E-state index contributed by atoms with van der Waals surface area (Å²) in [4.78, 5) is 1.91. The van der Waals surface area contributed by atoms with Crippen molar-refractivity contribution in [1.82, 2.24) is 0 Å². The number of hydrogen-bond donors (Lipinski definition) is 0. The van der Waals surface area contributed by atoms with Gasteiger partial charge in [-0.05, 0) is 33.8 Å². The fourth-order valence-corrected chi connectivity index (χ4v) is 1.67. The molecule has 1 aromatic rings. The van der Waals surface area contributed by atoms with Gasteiger partial charge >= 0.3 is 7.12 Å². The van der Waals surface area contributed by atoms with Crippen molar-refractivity contribution in [2.24, 2.45) is 0 Å². The van der Waals surface area contributed by atoms with Crippen molar-refractivity contribution in [3.05, 3.63) is 12.1 Å². The summed E-state index contributed by atoms with van der Waals surface area (Å²) in [5.41, 5.74) is 0.0539. The maximum atomic E-state index is 5.91. The Balaban J connectivity index is 2.20. The summed E-state index contributed by atoms with van der Waals surface area (Å²) in [6, 6.07) is 3.82. The topological polar surface area (TPSA) is 34.8 Å². The highest BCUT2D eigenvalue weighted by atomic mass is 16.7. The lowest BCUT2D eigenvalue weighted by atomic mass is 9.86. The zero-order valence-corrected chi connectivity index (χ0v) is 11.4. The Labute approximate surface area is 103 Å². The molecule has 0 N–H and O–H groups in total. The van der Waals surface area contributed by atoms with Crippen LogP contribution in [0.1, 0.15) is 27.7 Å². The van der Waals surface area contributed by atoms with E-state index in [1.54, 1.807) is 0 Å². The fraction of sp³-hybridized carbons (Fsp3) is 0.667. The zero-order chi connectivity index (χ0) is 12.8. The summed E-state index contributed by atoms with van der Waals surface area (Å²) in [6.07, 6.45) is 0. The maximum absolute atomic E-state index is 5.91. The molecule has 0 bridgehead atoms. The van der Waals surface area contributed by atoms with Crippen molar-refractivity contribution in [2.75, 3.05) is 19.0 Å². The lowest BCUT2D eigenvalue weighted by Gasteiger charge is -2.32. The van der Waals surface area contributed by atoms with Crippen LogP contribution in [0.25, 0.3) is 0 Å². The van der Waals surface area contributed by atoms with Crippen molar-refractivity contribution in [3.8, 4) is 0 Å². The highest BCUT2D eigenvalue weighted by Crippen LogP contribution is 2.36. The molecule has 1 aromatic heterocycles. The van der Waals surface area contributed by atoms with Crippen molar-refractivity contribution in [3.63, 3.8) is 0 Å². The van der Waals surface area contributed by atoms with E-state index in [0.717, 1.165) is 5.88 Å². The van der Waals surface area contributed by atoms with Gasteiger partial charge in [-0.25, -0.2) is 0 Å². The second kappa shape index (κ2) is 3.78. The van der Waals surface area contributed by atoms with Crippen molar-refractivity contribution >= 4 is 18.7 Å². The number of nitrogens with zero attached hydrogens (tertiary/aromatic N) is 1. The van der Waals surface area contributed by atoms with Gasteiger partial charge in [-0.15, -0.1) is 0 Å². The molecule has 4 nitrogen and oxygen atoms in total. The molecule has 1 saturated heterocycles. The van der Waals surface area contributed by atoms with Crippen LogP contribution >= 0.6 is 0 Å². The summed E-state index contributed by atoms with van der Waals surface area (Å²) in [7, 11) is 3.45.